The van der Waals surface area contributed by atoms with E-state index in [1.807, 2.05) is 0 Å². The van der Waals surface area contributed by atoms with Crippen LogP contribution in [-0.2, 0) is 14.4 Å². The molecule has 0 aromatic heterocycles. The van der Waals surface area contributed by atoms with Crippen LogP contribution < -0.4 is 10.2 Å². The van der Waals surface area contributed by atoms with Crippen LogP contribution in [0.3, 0.4) is 0 Å². The molecule has 5 heteroatoms. The molecule has 1 aliphatic rings. The molecule has 0 saturated carbocycles. The molecule has 0 radical (unpaired) electrons. The number of anilines is 2. The monoisotopic (exact) mass is 386 g/mol. The number of rotatable bonds is 12. The molecular weight excluding hydrogens is 352 g/mol. The Labute approximate surface area is 168 Å². The summed E-state index contributed by atoms with van der Waals surface area (Å²) < 4.78 is 0. The molecule has 0 spiro atoms. The Balaban J connectivity index is 1.64. The maximum atomic E-state index is 12.1. The van der Waals surface area contributed by atoms with Gasteiger partial charge in [0, 0.05) is 24.9 Å². The highest BCUT2D eigenvalue weighted by Crippen LogP contribution is 2.23. The van der Waals surface area contributed by atoms with E-state index in [-0.39, 0.29) is 17.7 Å². The summed E-state index contributed by atoms with van der Waals surface area (Å²) in [5, 5.41) is 2.89. The molecule has 5 nitrogen and oxygen atoms in total. The molecule has 1 aromatic carbocycles. The standard InChI is InChI=1S/C23H34N2O3/c1-2-3-4-5-6-7-8-9-10-12-21(26)24-19-15-17-20(18-16-19)25-22(27)13-11-14-23(25)28/h15-18H,2-14H2,1H3,(H,24,26). The van der Waals surface area contributed by atoms with E-state index in [9.17, 15) is 14.4 Å². The predicted molar refractivity (Wildman–Crippen MR) is 113 cm³/mol. The van der Waals surface area contributed by atoms with Gasteiger partial charge in [-0.3, -0.25) is 19.3 Å². The van der Waals surface area contributed by atoms with E-state index in [1.54, 1.807) is 24.3 Å². The fraction of sp³-hybridized carbons (Fsp3) is 0.609. The third kappa shape index (κ3) is 7.45. The number of carbonyl (C=O) groups excluding carboxylic acids is 3. The number of benzene rings is 1. The van der Waals surface area contributed by atoms with Crippen molar-refractivity contribution in [2.45, 2.75) is 90.4 Å². The first-order chi connectivity index (χ1) is 13.6. The minimum absolute atomic E-state index is 0.0146. The number of carbonyl (C=O) groups is 3. The quantitative estimate of drug-likeness (QED) is 0.376. The van der Waals surface area contributed by atoms with Crippen LogP contribution in [-0.4, -0.2) is 17.7 Å². The molecule has 0 aliphatic carbocycles. The zero-order valence-corrected chi connectivity index (χ0v) is 17.2. The van der Waals surface area contributed by atoms with Gasteiger partial charge in [-0.2, -0.15) is 0 Å². The first-order valence-electron chi connectivity index (χ1n) is 10.9. The zero-order chi connectivity index (χ0) is 20.2. The second-order valence-electron chi connectivity index (χ2n) is 7.65. The highest BCUT2D eigenvalue weighted by molar-refractivity contribution is 6.16. The normalized spacial score (nSPS) is 14.4. The Morgan fingerprint density at radius 1 is 0.857 bits per heavy atom. The summed E-state index contributed by atoms with van der Waals surface area (Å²) in [4.78, 5) is 37.3. The van der Waals surface area contributed by atoms with E-state index in [0.717, 1.165) is 12.8 Å². The summed E-state index contributed by atoms with van der Waals surface area (Å²) >= 11 is 0. The van der Waals surface area contributed by atoms with Crippen molar-refractivity contribution in [3.8, 4) is 0 Å². The number of unbranched alkanes of at least 4 members (excludes halogenated alkanes) is 8. The molecule has 0 bridgehead atoms. The SMILES string of the molecule is CCCCCCCCCCCC(=O)Nc1ccc(N2C(=O)CCCC2=O)cc1. The van der Waals surface area contributed by atoms with Gasteiger partial charge in [0.1, 0.15) is 0 Å². The highest BCUT2D eigenvalue weighted by atomic mass is 16.2. The van der Waals surface area contributed by atoms with E-state index in [4.69, 9.17) is 0 Å². The number of hydrogen-bond donors (Lipinski definition) is 1. The van der Waals surface area contributed by atoms with Gasteiger partial charge in [0.25, 0.3) is 0 Å². The lowest BCUT2D eigenvalue weighted by atomic mass is 10.1. The van der Waals surface area contributed by atoms with Gasteiger partial charge in [-0.05, 0) is 37.1 Å². The molecule has 1 heterocycles. The molecule has 1 aliphatic heterocycles. The van der Waals surface area contributed by atoms with Crippen molar-refractivity contribution in [3.05, 3.63) is 24.3 Å². The molecule has 1 aromatic rings. The Morgan fingerprint density at radius 2 is 1.39 bits per heavy atom. The van der Waals surface area contributed by atoms with Crippen LogP contribution in [0.5, 0.6) is 0 Å². The molecule has 1 saturated heterocycles. The van der Waals surface area contributed by atoms with Crippen LogP contribution in [0.25, 0.3) is 0 Å². The Morgan fingerprint density at radius 3 is 1.96 bits per heavy atom. The van der Waals surface area contributed by atoms with Gasteiger partial charge in [0.05, 0.1) is 5.69 Å². The third-order valence-electron chi connectivity index (χ3n) is 5.20. The number of hydrogen-bond acceptors (Lipinski definition) is 3. The van der Waals surface area contributed by atoms with E-state index in [1.165, 1.54) is 49.8 Å². The summed E-state index contributed by atoms with van der Waals surface area (Å²) in [6.07, 6.45) is 13.0. The van der Waals surface area contributed by atoms with Gasteiger partial charge < -0.3 is 5.32 Å². The molecule has 3 amide bonds. The van der Waals surface area contributed by atoms with Crippen molar-refractivity contribution >= 4 is 29.1 Å². The van der Waals surface area contributed by atoms with Crippen LogP contribution in [0.2, 0.25) is 0 Å². The summed E-state index contributed by atoms with van der Waals surface area (Å²) in [7, 11) is 0. The first kappa shape index (κ1) is 22.1. The summed E-state index contributed by atoms with van der Waals surface area (Å²) in [6.45, 7) is 2.23. The van der Waals surface area contributed by atoms with Gasteiger partial charge in [-0.15, -0.1) is 0 Å². The lowest BCUT2D eigenvalue weighted by molar-refractivity contribution is -0.129. The van der Waals surface area contributed by atoms with Gasteiger partial charge >= 0.3 is 0 Å². The van der Waals surface area contributed by atoms with Crippen LogP contribution in [0, 0.1) is 0 Å². The van der Waals surface area contributed by atoms with Crippen LogP contribution in [0.15, 0.2) is 24.3 Å². The zero-order valence-electron chi connectivity index (χ0n) is 17.2. The van der Waals surface area contributed by atoms with Gasteiger partial charge in [-0.1, -0.05) is 58.3 Å². The topological polar surface area (TPSA) is 66.5 Å². The van der Waals surface area contributed by atoms with Gasteiger partial charge in [-0.25, -0.2) is 0 Å². The van der Waals surface area contributed by atoms with E-state index in [2.05, 4.69) is 12.2 Å². The largest absolute Gasteiger partial charge is 0.326 e. The molecule has 0 atom stereocenters. The first-order valence-corrected chi connectivity index (χ1v) is 10.9. The maximum absolute atomic E-state index is 12.1. The molecule has 1 fully saturated rings. The lowest BCUT2D eigenvalue weighted by Crippen LogP contribution is -2.40. The van der Waals surface area contributed by atoms with Crippen molar-refractivity contribution in [3.63, 3.8) is 0 Å². The molecule has 2 rings (SSSR count). The number of piperidine rings is 1. The van der Waals surface area contributed by atoms with Gasteiger partial charge in [0.2, 0.25) is 17.7 Å². The van der Waals surface area contributed by atoms with E-state index in [0.29, 0.717) is 37.1 Å². The van der Waals surface area contributed by atoms with Crippen molar-refractivity contribution in [2.75, 3.05) is 10.2 Å². The molecular formula is C23H34N2O3. The lowest BCUT2D eigenvalue weighted by Gasteiger charge is -2.24. The second-order valence-corrected chi connectivity index (χ2v) is 7.65. The minimum Gasteiger partial charge on any atom is -0.326 e. The van der Waals surface area contributed by atoms with Crippen molar-refractivity contribution in [2.24, 2.45) is 0 Å². The fourth-order valence-electron chi connectivity index (χ4n) is 3.56. The highest BCUT2D eigenvalue weighted by Gasteiger charge is 2.27. The Kier molecular flexibility index (Phi) is 9.73. The molecule has 1 N–H and O–H groups in total. The summed E-state index contributed by atoms with van der Waals surface area (Å²) in [5.74, 6) is -0.294. The Bertz CT molecular complexity index is 624. The average Bonchev–Trinajstić information content (AvgIpc) is 2.68. The van der Waals surface area contributed by atoms with Crippen molar-refractivity contribution in [1.29, 1.82) is 0 Å². The second kappa shape index (κ2) is 12.3. The van der Waals surface area contributed by atoms with Crippen LogP contribution in [0.4, 0.5) is 11.4 Å². The van der Waals surface area contributed by atoms with E-state index >= 15 is 0 Å². The fourth-order valence-corrected chi connectivity index (χ4v) is 3.56. The van der Waals surface area contributed by atoms with Gasteiger partial charge in [0.15, 0.2) is 0 Å². The predicted octanol–water partition coefficient (Wildman–Crippen LogP) is 5.59. The van der Waals surface area contributed by atoms with Crippen LogP contribution >= 0.6 is 0 Å². The number of amides is 3. The summed E-state index contributed by atoms with van der Waals surface area (Å²) in [6, 6.07) is 6.93. The maximum Gasteiger partial charge on any atom is 0.233 e. The summed E-state index contributed by atoms with van der Waals surface area (Å²) in [5.41, 5.74) is 1.27. The minimum atomic E-state index is -0.154. The average molecular weight is 387 g/mol. The molecule has 154 valence electrons. The third-order valence-corrected chi connectivity index (χ3v) is 5.20. The Hall–Kier alpha value is -2.17. The van der Waals surface area contributed by atoms with Crippen molar-refractivity contribution < 1.29 is 14.4 Å². The van der Waals surface area contributed by atoms with Crippen LogP contribution in [0.1, 0.15) is 90.4 Å². The molecule has 0 unspecified atom stereocenters. The van der Waals surface area contributed by atoms with E-state index < -0.39 is 0 Å². The number of nitrogens with one attached hydrogen (secondary N) is 1. The smallest absolute Gasteiger partial charge is 0.233 e. The van der Waals surface area contributed by atoms with Crippen molar-refractivity contribution in [1.82, 2.24) is 0 Å². The molecule has 28 heavy (non-hydrogen) atoms. The number of imide groups is 1. The number of nitrogens with zero attached hydrogens (tertiary/aromatic N) is 1.